The Labute approximate surface area is 77.1 Å². The zero-order chi connectivity index (χ0) is 10.8. The number of halogens is 4. The van der Waals surface area contributed by atoms with Crippen LogP contribution in [0.1, 0.15) is 0 Å². The third kappa shape index (κ3) is 2.79. The molecular formula is C8H6F4O2. The summed E-state index contributed by atoms with van der Waals surface area (Å²) in [5.41, 5.74) is 0. The molecule has 0 saturated carbocycles. The van der Waals surface area contributed by atoms with Gasteiger partial charge in [0.05, 0.1) is 7.11 Å². The highest BCUT2D eigenvalue weighted by Gasteiger charge is 2.31. The molecule has 0 aliphatic rings. The molecule has 2 nitrogen and oxygen atoms in total. The highest BCUT2D eigenvalue weighted by atomic mass is 19.4. The molecule has 0 saturated heterocycles. The van der Waals surface area contributed by atoms with Gasteiger partial charge in [-0.3, -0.25) is 0 Å². The number of benzene rings is 1. The Morgan fingerprint density at radius 2 is 1.86 bits per heavy atom. The van der Waals surface area contributed by atoms with E-state index in [0.29, 0.717) is 6.07 Å². The van der Waals surface area contributed by atoms with Crippen molar-refractivity contribution < 1.29 is 27.0 Å². The fourth-order valence-corrected chi connectivity index (χ4v) is 0.844. The predicted octanol–water partition coefficient (Wildman–Crippen LogP) is 2.73. The van der Waals surface area contributed by atoms with Gasteiger partial charge in [0, 0.05) is 6.07 Å². The molecule has 0 amide bonds. The molecule has 78 valence electrons. The van der Waals surface area contributed by atoms with Gasteiger partial charge in [-0.05, 0) is 12.1 Å². The first kappa shape index (κ1) is 10.6. The predicted molar refractivity (Wildman–Crippen MR) is 39.6 cm³/mol. The van der Waals surface area contributed by atoms with Crippen LogP contribution in [0.5, 0.6) is 11.5 Å². The third-order valence-corrected chi connectivity index (χ3v) is 1.36. The summed E-state index contributed by atoms with van der Waals surface area (Å²) in [5.74, 6) is -1.66. The average molecular weight is 210 g/mol. The van der Waals surface area contributed by atoms with Crippen molar-refractivity contribution in [3.8, 4) is 11.5 Å². The SMILES string of the molecule is COc1ccc(OC(F)(F)F)cc1F. The largest absolute Gasteiger partial charge is 0.573 e. The van der Waals surface area contributed by atoms with Gasteiger partial charge in [0.2, 0.25) is 0 Å². The summed E-state index contributed by atoms with van der Waals surface area (Å²) in [5, 5.41) is 0. The van der Waals surface area contributed by atoms with Crippen LogP contribution in [-0.4, -0.2) is 13.5 Å². The Kier molecular flexibility index (Phi) is 2.83. The van der Waals surface area contributed by atoms with Gasteiger partial charge in [-0.15, -0.1) is 13.2 Å². The molecule has 0 aliphatic heterocycles. The van der Waals surface area contributed by atoms with Crippen molar-refractivity contribution in [1.29, 1.82) is 0 Å². The van der Waals surface area contributed by atoms with Crippen molar-refractivity contribution in [1.82, 2.24) is 0 Å². The first-order chi connectivity index (χ1) is 6.42. The number of hydrogen-bond donors (Lipinski definition) is 0. The van der Waals surface area contributed by atoms with Gasteiger partial charge in [0.15, 0.2) is 11.6 Å². The lowest BCUT2D eigenvalue weighted by atomic mass is 10.3. The fourth-order valence-electron chi connectivity index (χ4n) is 0.844. The monoisotopic (exact) mass is 210 g/mol. The summed E-state index contributed by atoms with van der Waals surface area (Å²) < 4.78 is 55.9. The number of ether oxygens (including phenoxy) is 2. The molecule has 14 heavy (non-hydrogen) atoms. The van der Waals surface area contributed by atoms with E-state index in [1.165, 1.54) is 7.11 Å². The Bertz CT molecular complexity index is 322. The van der Waals surface area contributed by atoms with E-state index < -0.39 is 17.9 Å². The second-order valence-corrected chi connectivity index (χ2v) is 2.34. The van der Waals surface area contributed by atoms with E-state index >= 15 is 0 Å². The normalized spacial score (nSPS) is 11.2. The minimum Gasteiger partial charge on any atom is -0.494 e. The van der Waals surface area contributed by atoms with Crippen LogP contribution in [0, 0.1) is 5.82 Å². The van der Waals surface area contributed by atoms with Crippen LogP contribution < -0.4 is 9.47 Å². The van der Waals surface area contributed by atoms with Gasteiger partial charge in [-0.2, -0.15) is 0 Å². The maximum Gasteiger partial charge on any atom is 0.573 e. The van der Waals surface area contributed by atoms with E-state index in [0.717, 1.165) is 12.1 Å². The summed E-state index contributed by atoms with van der Waals surface area (Å²) in [6.45, 7) is 0. The van der Waals surface area contributed by atoms with Gasteiger partial charge in [0.25, 0.3) is 0 Å². The van der Waals surface area contributed by atoms with Gasteiger partial charge < -0.3 is 9.47 Å². The molecule has 6 heteroatoms. The van der Waals surface area contributed by atoms with Crippen LogP contribution in [0.15, 0.2) is 18.2 Å². The Morgan fingerprint density at radius 3 is 2.29 bits per heavy atom. The molecule has 0 radical (unpaired) electrons. The molecule has 0 atom stereocenters. The Hall–Kier alpha value is -1.46. The van der Waals surface area contributed by atoms with Crippen LogP contribution in [0.4, 0.5) is 17.6 Å². The van der Waals surface area contributed by atoms with Crippen molar-refractivity contribution in [2.45, 2.75) is 6.36 Å². The van der Waals surface area contributed by atoms with E-state index in [1.54, 1.807) is 0 Å². The quantitative estimate of drug-likeness (QED) is 0.698. The summed E-state index contributed by atoms with van der Waals surface area (Å²) in [4.78, 5) is 0. The van der Waals surface area contributed by atoms with Gasteiger partial charge in [-0.1, -0.05) is 0 Å². The Balaban J connectivity index is 2.87. The van der Waals surface area contributed by atoms with Crippen molar-refractivity contribution in [3.63, 3.8) is 0 Å². The van der Waals surface area contributed by atoms with Crippen LogP contribution in [-0.2, 0) is 0 Å². The lowest BCUT2D eigenvalue weighted by molar-refractivity contribution is -0.274. The highest BCUT2D eigenvalue weighted by molar-refractivity contribution is 5.33. The first-order valence-corrected chi connectivity index (χ1v) is 3.51. The van der Waals surface area contributed by atoms with Gasteiger partial charge in [-0.25, -0.2) is 4.39 Å². The summed E-state index contributed by atoms with van der Waals surface area (Å²) in [6, 6.07) is 2.62. The minimum atomic E-state index is -4.82. The highest BCUT2D eigenvalue weighted by Crippen LogP contribution is 2.26. The lowest BCUT2D eigenvalue weighted by Crippen LogP contribution is -2.17. The molecule has 1 aromatic rings. The molecule has 0 N–H and O–H groups in total. The summed E-state index contributed by atoms with van der Waals surface area (Å²) in [7, 11) is 1.21. The van der Waals surface area contributed by atoms with Crippen LogP contribution >= 0.6 is 0 Å². The first-order valence-electron chi connectivity index (χ1n) is 3.51. The number of rotatable bonds is 2. The standard InChI is InChI=1S/C8H6F4O2/c1-13-7-3-2-5(4-6(7)9)14-8(10,11)12/h2-4H,1H3. The van der Waals surface area contributed by atoms with E-state index in [1.807, 2.05) is 0 Å². The number of methoxy groups -OCH3 is 1. The second-order valence-electron chi connectivity index (χ2n) is 2.34. The molecule has 0 bridgehead atoms. The van der Waals surface area contributed by atoms with Crippen molar-refractivity contribution in [2.75, 3.05) is 7.11 Å². The van der Waals surface area contributed by atoms with E-state index in [2.05, 4.69) is 9.47 Å². The number of hydrogen-bond acceptors (Lipinski definition) is 2. The summed E-state index contributed by atoms with van der Waals surface area (Å²) >= 11 is 0. The molecule has 0 spiro atoms. The van der Waals surface area contributed by atoms with Gasteiger partial charge in [0.1, 0.15) is 5.75 Å². The van der Waals surface area contributed by atoms with Gasteiger partial charge >= 0.3 is 6.36 Å². The van der Waals surface area contributed by atoms with E-state index in [9.17, 15) is 17.6 Å². The molecular weight excluding hydrogens is 204 g/mol. The molecule has 1 rings (SSSR count). The molecule has 0 aromatic heterocycles. The summed E-state index contributed by atoms with van der Waals surface area (Å²) in [6.07, 6.45) is -4.82. The minimum absolute atomic E-state index is 0.139. The maximum absolute atomic E-state index is 12.9. The van der Waals surface area contributed by atoms with Crippen molar-refractivity contribution in [3.05, 3.63) is 24.0 Å². The van der Waals surface area contributed by atoms with Crippen LogP contribution in [0.3, 0.4) is 0 Å². The molecule has 0 unspecified atom stereocenters. The molecule has 0 aliphatic carbocycles. The lowest BCUT2D eigenvalue weighted by Gasteiger charge is -2.09. The van der Waals surface area contributed by atoms with Crippen LogP contribution in [0.25, 0.3) is 0 Å². The molecule has 1 aromatic carbocycles. The molecule has 0 heterocycles. The fraction of sp³-hybridized carbons (Fsp3) is 0.250. The average Bonchev–Trinajstić information content (AvgIpc) is 2.01. The zero-order valence-electron chi connectivity index (χ0n) is 7.06. The van der Waals surface area contributed by atoms with Crippen molar-refractivity contribution >= 4 is 0 Å². The maximum atomic E-state index is 12.9. The van der Waals surface area contributed by atoms with E-state index in [-0.39, 0.29) is 5.75 Å². The second kappa shape index (κ2) is 3.73. The molecule has 0 fully saturated rings. The third-order valence-electron chi connectivity index (χ3n) is 1.36. The van der Waals surface area contributed by atoms with E-state index in [4.69, 9.17) is 0 Å². The topological polar surface area (TPSA) is 18.5 Å². The zero-order valence-corrected chi connectivity index (χ0v) is 7.06. The smallest absolute Gasteiger partial charge is 0.494 e. The number of alkyl halides is 3. The van der Waals surface area contributed by atoms with Crippen molar-refractivity contribution in [2.24, 2.45) is 0 Å². The Morgan fingerprint density at radius 1 is 1.21 bits per heavy atom. The van der Waals surface area contributed by atoms with Crippen LogP contribution in [0.2, 0.25) is 0 Å².